The van der Waals surface area contributed by atoms with Crippen molar-refractivity contribution in [1.82, 2.24) is 10.6 Å². The van der Waals surface area contributed by atoms with E-state index in [2.05, 4.69) is 17.9 Å². The van der Waals surface area contributed by atoms with Gasteiger partial charge in [0.1, 0.15) is 12.1 Å². The monoisotopic (exact) mass is 308 g/mol. The summed E-state index contributed by atoms with van der Waals surface area (Å²) in [5, 5.41) is 29.5. The number of carbonyl (C=O) groups is 4. The quantitative estimate of drug-likeness (QED) is 0.326. The van der Waals surface area contributed by atoms with E-state index in [1.165, 1.54) is 6.92 Å². The van der Waals surface area contributed by atoms with Crippen molar-refractivity contribution in [3.63, 3.8) is 0 Å². The third-order valence-corrected chi connectivity index (χ3v) is 2.58. The van der Waals surface area contributed by atoms with Crippen molar-refractivity contribution >= 4 is 36.6 Å². The highest BCUT2D eigenvalue weighted by molar-refractivity contribution is 7.81. The van der Waals surface area contributed by atoms with Crippen LogP contribution >= 0.6 is 12.6 Å². The Bertz CT molecular complexity index is 399. The third-order valence-electron chi connectivity index (χ3n) is 2.29. The Hall–Kier alpha value is -1.97. The lowest BCUT2D eigenvalue weighted by molar-refractivity contribution is -0.140. The Morgan fingerprint density at radius 2 is 1.60 bits per heavy atom. The molecule has 0 saturated carbocycles. The number of aliphatic carboxylic acids is 3. The first-order valence-electron chi connectivity index (χ1n) is 5.57. The van der Waals surface area contributed by atoms with E-state index in [0.717, 1.165) is 0 Å². The van der Waals surface area contributed by atoms with Crippen LogP contribution in [0.1, 0.15) is 19.8 Å². The van der Waals surface area contributed by atoms with Crippen LogP contribution in [0.2, 0.25) is 0 Å². The second-order valence-electron chi connectivity index (χ2n) is 4.00. The zero-order chi connectivity index (χ0) is 15.9. The standard InChI is InChI=1S/C10H16N2O7S/c1-4(20)7(9(17)18)12-10(19)11-5(8(15)16)2-3-6(13)14/h4-5,7,20H,2-3H2,1H3,(H,13,14)(H,15,16)(H,17,18)(H2,11,12,19)/t4?,5-,7-/m0/s1. The zero-order valence-corrected chi connectivity index (χ0v) is 11.5. The normalized spacial score (nSPS) is 14.7. The molecule has 0 rings (SSSR count). The van der Waals surface area contributed by atoms with Crippen molar-refractivity contribution in [2.45, 2.75) is 37.1 Å². The van der Waals surface area contributed by atoms with Gasteiger partial charge in [0.2, 0.25) is 0 Å². The lowest BCUT2D eigenvalue weighted by Gasteiger charge is -2.20. The summed E-state index contributed by atoms with van der Waals surface area (Å²) in [5.74, 6) is -3.93. The van der Waals surface area contributed by atoms with E-state index >= 15 is 0 Å². The van der Waals surface area contributed by atoms with Crippen LogP contribution in [0, 0.1) is 0 Å². The van der Waals surface area contributed by atoms with Crippen LogP contribution in [0.25, 0.3) is 0 Å². The predicted octanol–water partition coefficient (Wildman–Crippen LogP) is -0.625. The fourth-order valence-electron chi connectivity index (χ4n) is 1.26. The molecule has 0 aliphatic heterocycles. The summed E-state index contributed by atoms with van der Waals surface area (Å²) in [4.78, 5) is 43.5. The Balaban J connectivity index is 4.56. The summed E-state index contributed by atoms with van der Waals surface area (Å²) in [6, 6.07) is -3.74. The van der Waals surface area contributed by atoms with Crippen LogP contribution in [0.15, 0.2) is 0 Å². The SMILES string of the molecule is CC(S)[C@H](NC(=O)N[C@@H](CCC(=O)O)C(=O)O)C(=O)O. The van der Waals surface area contributed by atoms with Crippen LogP contribution < -0.4 is 10.6 Å². The van der Waals surface area contributed by atoms with Crippen molar-refractivity contribution < 1.29 is 34.5 Å². The predicted molar refractivity (Wildman–Crippen MR) is 69.8 cm³/mol. The minimum atomic E-state index is -1.42. The van der Waals surface area contributed by atoms with Gasteiger partial charge in [0.15, 0.2) is 0 Å². The molecule has 114 valence electrons. The molecule has 1 unspecified atom stereocenters. The van der Waals surface area contributed by atoms with Crippen molar-refractivity contribution in [2.24, 2.45) is 0 Å². The molecule has 0 saturated heterocycles. The van der Waals surface area contributed by atoms with E-state index in [1.54, 1.807) is 0 Å². The highest BCUT2D eigenvalue weighted by Gasteiger charge is 2.27. The molecule has 0 aromatic carbocycles. The maximum absolute atomic E-state index is 11.5. The molecule has 0 aromatic rings. The summed E-state index contributed by atoms with van der Waals surface area (Å²) >= 11 is 3.89. The largest absolute Gasteiger partial charge is 0.481 e. The van der Waals surface area contributed by atoms with Crippen LogP contribution in [-0.4, -0.2) is 56.6 Å². The van der Waals surface area contributed by atoms with Crippen molar-refractivity contribution in [2.75, 3.05) is 0 Å². The molecule has 9 nitrogen and oxygen atoms in total. The van der Waals surface area contributed by atoms with Gasteiger partial charge in [0, 0.05) is 11.7 Å². The number of rotatable bonds is 8. The highest BCUT2D eigenvalue weighted by Crippen LogP contribution is 2.02. The number of hydrogen-bond acceptors (Lipinski definition) is 5. The van der Waals surface area contributed by atoms with E-state index in [0.29, 0.717) is 0 Å². The Kier molecular flexibility index (Phi) is 7.44. The smallest absolute Gasteiger partial charge is 0.327 e. The number of carboxylic acid groups (broad SMARTS) is 3. The average molecular weight is 308 g/mol. The second-order valence-corrected chi connectivity index (χ2v) is 4.81. The first-order valence-corrected chi connectivity index (χ1v) is 6.09. The van der Waals surface area contributed by atoms with Gasteiger partial charge in [-0.1, -0.05) is 6.92 Å². The molecule has 0 heterocycles. The molecule has 10 heteroatoms. The van der Waals surface area contributed by atoms with Gasteiger partial charge in [-0.25, -0.2) is 14.4 Å². The summed E-state index contributed by atoms with van der Waals surface area (Å²) in [6.07, 6.45) is -0.755. The second kappa shape index (κ2) is 8.25. The average Bonchev–Trinajstić information content (AvgIpc) is 2.29. The fourth-order valence-corrected chi connectivity index (χ4v) is 1.46. The first kappa shape index (κ1) is 18.0. The van der Waals surface area contributed by atoms with E-state index in [9.17, 15) is 19.2 Å². The Morgan fingerprint density at radius 1 is 1.05 bits per heavy atom. The summed E-state index contributed by atoms with van der Waals surface area (Å²) in [7, 11) is 0. The number of urea groups is 1. The van der Waals surface area contributed by atoms with Crippen molar-refractivity contribution in [3.05, 3.63) is 0 Å². The van der Waals surface area contributed by atoms with Gasteiger partial charge in [0.25, 0.3) is 0 Å². The van der Waals surface area contributed by atoms with Crippen LogP contribution in [0.3, 0.4) is 0 Å². The van der Waals surface area contributed by atoms with Gasteiger partial charge in [-0.05, 0) is 6.42 Å². The molecule has 0 fully saturated rings. The molecule has 0 spiro atoms. The van der Waals surface area contributed by atoms with Crippen LogP contribution in [-0.2, 0) is 14.4 Å². The molecule has 3 atom stereocenters. The zero-order valence-electron chi connectivity index (χ0n) is 10.6. The number of amides is 2. The number of carboxylic acids is 3. The topological polar surface area (TPSA) is 153 Å². The van der Waals surface area contributed by atoms with E-state index in [1.807, 2.05) is 5.32 Å². The van der Waals surface area contributed by atoms with E-state index in [-0.39, 0.29) is 6.42 Å². The maximum atomic E-state index is 11.5. The van der Waals surface area contributed by atoms with Crippen LogP contribution in [0.5, 0.6) is 0 Å². The lowest BCUT2D eigenvalue weighted by Crippen LogP contribution is -2.53. The molecule has 5 N–H and O–H groups in total. The number of hydrogen-bond donors (Lipinski definition) is 6. The summed E-state index contributed by atoms with van der Waals surface area (Å²) in [6.45, 7) is 1.45. The van der Waals surface area contributed by atoms with Gasteiger partial charge in [0.05, 0.1) is 0 Å². The molecule has 0 aliphatic carbocycles. The summed E-state index contributed by atoms with van der Waals surface area (Å²) in [5.41, 5.74) is 0. The molecule has 0 aliphatic rings. The van der Waals surface area contributed by atoms with E-state index in [4.69, 9.17) is 15.3 Å². The molecule has 0 aromatic heterocycles. The molecule has 20 heavy (non-hydrogen) atoms. The number of carbonyl (C=O) groups excluding carboxylic acids is 1. The molecule has 0 bridgehead atoms. The van der Waals surface area contributed by atoms with Gasteiger partial charge in [-0.2, -0.15) is 12.6 Å². The van der Waals surface area contributed by atoms with Gasteiger partial charge in [-0.3, -0.25) is 4.79 Å². The molecular weight excluding hydrogens is 292 g/mol. The lowest BCUT2D eigenvalue weighted by atomic mass is 10.1. The molecule has 2 amide bonds. The third kappa shape index (κ3) is 6.83. The van der Waals surface area contributed by atoms with Gasteiger partial charge in [-0.15, -0.1) is 0 Å². The minimum absolute atomic E-state index is 0.313. The van der Waals surface area contributed by atoms with E-state index < -0.39 is 47.7 Å². The van der Waals surface area contributed by atoms with Gasteiger partial charge >= 0.3 is 23.9 Å². The van der Waals surface area contributed by atoms with Crippen molar-refractivity contribution in [3.8, 4) is 0 Å². The maximum Gasteiger partial charge on any atom is 0.327 e. The molecule has 0 radical (unpaired) electrons. The Labute approximate surface area is 119 Å². The fraction of sp³-hybridized carbons (Fsp3) is 0.600. The molecular formula is C10H16N2O7S. The van der Waals surface area contributed by atoms with Gasteiger partial charge < -0.3 is 26.0 Å². The number of nitrogens with one attached hydrogen (secondary N) is 2. The van der Waals surface area contributed by atoms with Crippen LogP contribution in [0.4, 0.5) is 4.79 Å². The highest BCUT2D eigenvalue weighted by atomic mass is 32.1. The van der Waals surface area contributed by atoms with Crippen molar-refractivity contribution in [1.29, 1.82) is 0 Å². The Morgan fingerprint density at radius 3 is 1.95 bits per heavy atom. The number of thiol groups is 1. The minimum Gasteiger partial charge on any atom is -0.481 e. The first-order chi connectivity index (χ1) is 9.15. The summed E-state index contributed by atoms with van der Waals surface area (Å²) < 4.78 is 0.